The molecule has 0 spiro atoms. The van der Waals surface area contributed by atoms with Gasteiger partial charge in [-0.2, -0.15) is 0 Å². The molecule has 2 aliphatic heterocycles. The maximum Gasteiger partial charge on any atom is 0.227 e. The van der Waals surface area contributed by atoms with Crippen LogP contribution >= 0.6 is 0 Å². The molecule has 0 aromatic heterocycles. The molecule has 2 aliphatic carbocycles. The summed E-state index contributed by atoms with van der Waals surface area (Å²) in [5.74, 6) is 2.46. The first kappa shape index (κ1) is 14.0. The van der Waals surface area contributed by atoms with Crippen molar-refractivity contribution in [1.82, 2.24) is 9.80 Å². The zero-order valence-electron chi connectivity index (χ0n) is 13.0. The third-order valence-corrected chi connectivity index (χ3v) is 6.58. The van der Waals surface area contributed by atoms with E-state index in [2.05, 4.69) is 9.80 Å². The highest BCUT2D eigenvalue weighted by Gasteiger charge is 2.50. The van der Waals surface area contributed by atoms with Gasteiger partial charge in [-0.3, -0.25) is 4.79 Å². The van der Waals surface area contributed by atoms with Crippen LogP contribution in [0.15, 0.2) is 0 Å². The van der Waals surface area contributed by atoms with Crippen LogP contribution in [0.4, 0.5) is 0 Å². The van der Waals surface area contributed by atoms with Crippen LogP contribution in [0, 0.1) is 23.7 Å². The Bertz CT molecular complexity index is 405. The molecular weight excluding hydrogens is 262 g/mol. The summed E-state index contributed by atoms with van der Waals surface area (Å²) in [6.45, 7) is 5.68. The zero-order chi connectivity index (χ0) is 14.4. The third-order valence-electron chi connectivity index (χ3n) is 6.58. The van der Waals surface area contributed by atoms with E-state index in [4.69, 9.17) is 5.73 Å². The molecule has 2 N–H and O–H groups in total. The minimum Gasteiger partial charge on any atom is -0.342 e. The fourth-order valence-corrected chi connectivity index (χ4v) is 5.43. The lowest BCUT2D eigenvalue weighted by Gasteiger charge is -2.31. The Morgan fingerprint density at radius 3 is 2.52 bits per heavy atom. The second-order valence-electron chi connectivity index (χ2n) is 7.88. The predicted octanol–water partition coefficient (Wildman–Crippen LogP) is 1.30. The van der Waals surface area contributed by atoms with Crippen molar-refractivity contribution in [2.24, 2.45) is 29.4 Å². The van der Waals surface area contributed by atoms with Crippen LogP contribution in [0.5, 0.6) is 0 Å². The Morgan fingerprint density at radius 1 is 1.05 bits per heavy atom. The van der Waals surface area contributed by atoms with Gasteiger partial charge in [-0.25, -0.2) is 0 Å². The normalized spacial score (nSPS) is 43.1. The standard InChI is InChI=1S/C17H29N3O/c18-16-14-4-3-13(9-14)15(16)17(21)20-8-5-12(11-20)10-19-6-1-2-7-19/h12-16H,1-11,18H2. The van der Waals surface area contributed by atoms with Crippen LogP contribution in [0.3, 0.4) is 0 Å². The topological polar surface area (TPSA) is 49.6 Å². The molecule has 5 atom stereocenters. The lowest BCUT2D eigenvalue weighted by Crippen LogP contribution is -2.46. The molecule has 4 fully saturated rings. The summed E-state index contributed by atoms with van der Waals surface area (Å²) in [4.78, 5) is 17.6. The van der Waals surface area contributed by atoms with Gasteiger partial charge < -0.3 is 15.5 Å². The van der Waals surface area contributed by atoms with Crippen LogP contribution in [-0.4, -0.2) is 54.5 Å². The van der Waals surface area contributed by atoms with Crippen LogP contribution < -0.4 is 5.73 Å². The van der Waals surface area contributed by atoms with Crippen molar-refractivity contribution >= 4 is 5.91 Å². The van der Waals surface area contributed by atoms with Crippen LogP contribution in [0.25, 0.3) is 0 Å². The van der Waals surface area contributed by atoms with Crippen LogP contribution in [-0.2, 0) is 4.79 Å². The number of nitrogens with two attached hydrogens (primary N) is 1. The molecule has 118 valence electrons. The van der Waals surface area contributed by atoms with Gasteiger partial charge in [0.15, 0.2) is 0 Å². The third kappa shape index (κ3) is 2.50. The van der Waals surface area contributed by atoms with Crippen molar-refractivity contribution in [3.8, 4) is 0 Å². The van der Waals surface area contributed by atoms with Gasteiger partial charge in [0, 0.05) is 25.7 Å². The largest absolute Gasteiger partial charge is 0.342 e. The molecule has 2 saturated heterocycles. The van der Waals surface area contributed by atoms with E-state index in [0.717, 1.165) is 13.1 Å². The number of rotatable bonds is 3. The second kappa shape index (κ2) is 5.54. The summed E-state index contributed by atoms with van der Waals surface area (Å²) < 4.78 is 0. The first-order chi connectivity index (χ1) is 10.2. The molecule has 0 aromatic rings. The summed E-state index contributed by atoms with van der Waals surface area (Å²) in [6.07, 6.45) is 7.61. The van der Waals surface area contributed by atoms with Crippen molar-refractivity contribution < 1.29 is 4.79 Å². The average molecular weight is 291 g/mol. The number of carbonyl (C=O) groups is 1. The fraction of sp³-hybridized carbons (Fsp3) is 0.941. The highest BCUT2D eigenvalue weighted by atomic mass is 16.2. The monoisotopic (exact) mass is 291 g/mol. The molecule has 2 saturated carbocycles. The number of hydrogen-bond acceptors (Lipinski definition) is 3. The Kier molecular flexibility index (Phi) is 3.70. The van der Waals surface area contributed by atoms with Gasteiger partial charge >= 0.3 is 0 Å². The molecular formula is C17H29N3O. The smallest absolute Gasteiger partial charge is 0.227 e. The number of amides is 1. The molecule has 1 amide bonds. The van der Waals surface area contributed by atoms with Gasteiger partial charge in [0.05, 0.1) is 5.92 Å². The molecule has 4 rings (SSSR count). The number of nitrogens with zero attached hydrogens (tertiary/aromatic N) is 2. The van der Waals surface area contributed by atoms with E-state index in [1.807, 2.05) is 0 Å². The summed E-state index contributed by atoms with van der Waals surface area (Å²) >= 11 is 0. The second-order valence-corrected chi connectivity index (χ2v) is 7.88. The van der Waals surface area contributed by atoms with Gasteiger partial charge in [-0.1, -0.05) is 0 Å². The maximum atomic E-state index is 12.9. The van der Waals surface area contributed by atoms with Gasteiger partial charge in [0.2, 0.25) is 5.91 Å². The summed E-state index contributed by atoms with van der Waals surface area (Å²) in [7, 11) is 0. The molecule has 21 heavy (non-hydrogen) atoms. The number of likely N-dealkylation sites (tertiary alicyclic amines) is 2. The van der Waals surface area contributed by atoms with Crippen molar-refractivity contribution in [1.29, 1.82) is 0 Å². The molecule has 4 aliphatic rings. The van der Waals surface area contributed by atoms with E-state index in [1.54, 1.807) is 0 Å². The van der Waals surface area contributed by atoms with E-state index in [-0.39, 0.29) is 12.0 Å². The van der Waals surface area contributed by atoms with Gasteiger partial charge in [-0.15, -0.1) is 0 Å². The number of hydrogen-bond donors (Lipinski definition) is 1. The molecule has 2 bridgehead atoms. The summed E-state index contributed by atoms with van der Waals surface area (Å²) in [6, 6.07) is 0.147. The Labute approximate surface area is 128 Å². The first-order valence-corrected chi connectivity index (χ1v) is 8.99. The SMILES string of the molecule is NC1C2CCC(C2)C1C(=O)N1CCC(CN2CCCC2)C1. The lowest BCUT2D eigenvalue weighted by atomic mass is 9.84. The van der Waals surface area contributed by atoms with E-state index < -0.39 is 0 Å². The average Bonchev–Trinajstić information content (AvgIpc) is 3.23. The summed E-state index contributed by atoms with van der Waals surface area (Å²) in [5.41, 5.74) is 6.34. The minimum atomic E-state index is 0.147. The van der Waals surface area contributed by atoms with Crippen LogP contribution in [0.1, 0.15) is 38.5 Å². The number of fused-ring (bicyclic) bond motifs is 2. The van der Waals surface area contributed by atoms with Crippen molar-refractivity contribution in [3.63, 3.8) is 0 Å². The quantitative estimate of drug-likeness (QED) is 0.853. The molecule has 4 heteroatoms. The first-order valence-electron chi connectivity index (χ1n) is 8.99. The van der Waals surface area contributed by atoms with Gasteiger partial charge in [0.25, 0.3) is 0 Å². The molecule has 2 heterocycles. The predicted molar refractivity (Wildman–Crippen MR) is 82.7 cm³/mol. The highest BCUT2D eigenvalue weighted by molar-refractivity contribution is 5.81. The molecule has 0 radical (unpaired) electrons. The van der Waals surface area contributed by atoms with E-state index >= 15 is 0 Å². The van der Waals surface area contributed by atoms with Gasteiger partial charge in [0.1, 0.15) is 0 Å². The Balaban J connectivity index is 1.33. The van der Waals surface area contributed by atoms with Crippen molar-refractivity contribution in [2.75, 3.05) is 32.7 Å². The van der Waals surface area contributed by atoms with Gasteiger partial charge in [-0.05, 0) is 69.4 Å². The highest BCUT2D eigenvalue weighted by Crippen LogP contribution is 2.48. The Hall–Kier alpha value is -0.610. The fourth-order valence-electron chi connectivity index (χ4n) is 5.43. The minimum absolute atomic E-state index is 0.147. The Morgan fingerprint density at radius 2 is 1.81 bits per heavy atom. The van der Waals surface area contributed by atoms with E-state index in [9.17, 15) is 4.79 Å². The van der Waals surface area contributed by atoms with E-state index in [0.29, 0.717) is 23.7 Å². The summed E-state index contributed by atoms with van der Waals surface area (Å²) in [5, 5.41) is 0. The maximum absolute atomic E-state index is 12.9. The van der Waals surface area contributed by atoms with Crippen molar-refractivity contribution in [3.05, 3.63) is 0 Å². The molecule has 5 unspecified atom stereocenters. The zero-order valence-corrected chi connectivity index (χ0v) is 13.0. The van der Waals surface area contributed by atoms with Crippen molar-refractivity contribution in [2.45, 2.75) is 44.6 Å². The van der Waals surface area contributed by atoms with Crippen LogP contribution in [0.2, 0.25) is 0 Å². The number of carbonyl (C=O) groups excluding carboxylic acids is 1. The lowest BCUT2D eigenvalue weighted by molar-refractivity contribution is -0.136. The molecule has 4 nitrogen and oxygen atoms in total. The van der Waals surface area contributed by atoms with E-state index in [1.165, 1.54) is 58.2 Å². The molecule has 0 aromatic carbocycles.